The number of unbranched alkanes of at least 4 members (excludes halogenated alkanes) is 2. The molecule has 1 rings (SSSR count). The van der Waals surface area contributed by atoms with Crippen molar-refractivity contribution in [2.45, 2.75) is 58.8 Å². The van der Waals surface area contributed by atoms with Gasteiger partial charge in [0, 0.05) is 0 Å². The maximum absolute atomic E-state index is 2.32. The van der Waals surface area contributed by atoms with Crippen LogP contribution in [0.5, 0.6) is 0 Å². The smallest absolute Gasteiger partial charge is 0.0241 e. The first-order valence-corrected chi connectivity index (χ1v) is 5.12. The van der Waals surface area contributed by atoms with Gasteiger partial charge in [-0.1, -0.05) is 39.5 Å². The molecule has 0 aromatic carbocycles. The van der Waals surface area contributed by atoms with E-state index in [0.29, 0.717) is 0 Å². The first-order chi connectivity index (χ1) is 5.29. The van der Waals surface area contributed by atoms with Gasteiger partial charge in [-0.2, -0.15) is 0 Å². The molecular formula is C11H21. The van der Waals surface area contributed by atoms with Gasteiger partial charge in [0.1, 0.15) is 0 Å². The largest absolute Gasteiger partial charge is 0.0628 e. The minimum atomic E-state index is 0.906. The summed E-state index contributed by atoms with van der Waals surface area (Å²) in [5, 5.41) is 0. The first-order valence-electron chi connectivity index (χ1n) is 5.12. The Kier molecular flexibility index (Phi) is 3.96. The first kappa shape index (κ1) is 9.09. The highest BCUT2D eigenvalue weighted by molar-refractivity contribution is 5.04. The molecule has 0 spiro atoms. The number of rotatable bonds is 6. The van der Waals surface area contributed by atoms with E-state index in [1.807, 2.05) is 5.92 Å². The van der Waals surface area contributed by atoms with Crippen molar-refractivity contribution in [2.75, 3.05) is 0 Å². The SMILES string of the molecule is CC(C)CCCCC[C]1CC1. The maximum atomic E-state index is 2.32. The van der Waals surface area contributed by atoms with E-state index in [1.54, 1.807) is 0 Å². The van der Waals surface area contributed by atoms with E-state index in [9.17, 15) is 0 Å². The molecule has 0 atom stereocenters. The van der Waals surface area contributed by atoms with Crippen LogP contribution in [-0.2, 0) is 0 Å². The van der Waals surface area contributed by atoms with Crippen molar-refractivity contribution in [1.29, 1.82) is 0 Å². The fourth-order valence-corrected chi connectivity index (χ4v) is 1.44. The molecule has 65 valence electrons. The van der Waals surface area contributed by atoms with Gasteiger partial charge in [-0.3, -0.25) is 0 Å². The fourth-order valence-electron chi connectivity index (χ4n) is 1.44. The van der Waals surface area contributed by atoms with Gasteiger partial charge < -0.3 is 0 Å². The van der Waals surface area contributed by atoms with Gasteiger partial charge in [-0.05, 0) is 31.1 Å². The summed E-state index contributed by atoms with van der Waals surface area (Å²) in [6, 6.07) is 0. The standard InChI is InChI=1S/C11H21/c1-10(2)6-4-3-5-7-11-8-9-11/h10H,3-9H2,1-2H3. The Labute approximate surface area is 71.4 Å². The van der Waals surface area contributed by atoms with Crippen LogP contribution in [0.2, 0.25) is 0 Å². The molecule has 1 radical (unpaired) electrons. The Morgan fingerprint density at radius 1 is 1.09 bits per heavy atom. The van der Waals surface area contributed by atoms with E-state index in [1.165, 1.54) is 44.9 Å². The zero-order valence-corrected chi connectivity index (χ0v) is 8.03. The number of hydrogen-bond donors (Lipinski definition) is 0. The monoisotopic (exact) mass is 153 g/mol. The molecule has 0 aromatic heterocycles. The molecule has 1 fully saturated rings. The maximum Gasteiger partial charge on any atom is -0.0241 e. The lowest BCUT2D eigenvalue weighted by atomic mass is 10.0. The van der Waals surface area contributed by atoms with Crippen molar-refractivity contribution in [1.82, 2.24) is 0 Å². The summed E-state index contributed by atoms with van der Waals surface area (Å²) >= 11 is 0. The fraction of sp³-hybridized carbons (Fsp3) is 0.909. The third-order valence-corrected chi connectivity index (χ3v) is 2.42. The molecule has 11 heavy (non-hydrogen) atoms. The quantitative estimate of drug-likeness (QED) is 0.507. The van der Waals surface area contributed by atoms with Gasteiger partial charge in [-0.15, -0.1) is 0 Å². The van der Waals surface area contributed by atoms with Crippen LogP contribution in [0.25, 0.3) is 0 Å². The molecule has 0 unspecified atom stereocenters. The van der Waals surface area contributed by atoms with Crippen LogP contribution < -0.4 is 0 Å². The molecule has 0 amide bonds. The summed E-state index contributed by atoms with van der Waals surface area (Å²) in [5.74, 6) is 2.73. The van der Waals surface area contributed by atoms with Crippen molar-refractivity contribution in [3.8, 4) is 0 Å². The topological polar surface area (TPSA) is 0 Å². The summed E-state index contributed by atoms with van der Waals surface area (Å²) in [6.07, 6.45) is 10.1. The molecule has 1 aliphatic rings. The van der Waals surface area contributed by atoms with Crippen molar-refractivity contribution in [3.63, 3.8) is 0 Å². The van der Waals surface area contributed by atoms with Gasteiger partial charge in [0.2, 0.25) is 0 Å². The van der Waals surface area contributed by atoms with Crippen molar-refractivity contribution >= 4 is 0 Å². The van der Waals surface area contributed by atoms with Crippen LogP contribution >= 0.6 is 0 Å². The predicted molar refractivity (Wildman–Crippen MR) is 50.4 cm³/mol. The van der Waals surface area contributed by atoms with Crippen LogP contribution in [0.3, 0.4) is 0 Å². The van der Waals surface area contributed by atoms with Gasteiger partial charge >= 0.3 is 0 Å². The molecule has 0 bridgehead atoms. The molecule has 0 aliphatic heterocycles. The second-order valence-electron chi connectivity index (χ2n) is 4.24. The molecule has 0 heterocycles. The summed E-state index contributed by atoms with van der Waals surface area (Å²) in [6.45, 7) is 4.63. The molecule has 0 nitrogen and oxygen atoms in total. The Morgan fingerprint density at radius 2 is 1.82 bits per heavy atom. The van der Waals surface area contributed by atoms with Gasteiger partial charge in [0.25, 0.3) is 0 Å². The Bertz CT molecular complexity index is 86.2. The second-order valence-corrected chi connectivity index (χ2v) is 4.24. The molecular weight excluding hydrogens is 132 g/mol. The average Bonchev–Trinajstić information content (AvgIpc) is 2.70. The molecule has 1 aliphatic carbocycles. The molecule has 0 N–H and O–H groups in total. The summed E-state index contributed by atoms with van der Waals surface area (Å²) in [5.41, 5.74) is 0. The van der Waals surface area contributed by atoms with Crippen LogP contribution in [0, 0.1) is 11.8 Å². The van der Waals surface area contributed by atoms with Crippen LogP contribution in [0.1, 0.15) is 58.8 Å². The Morgan fingerprint density at radius 3 is 2.36 bits per heavy atom. The third-order valence-electron chi connectivity index (χ3n) is 2.42. The van der Waals surface area contributed by atoms with Crippen molar-refractivity contribution in [2.24, 2.45) is 5.92 Å². The molecule has 1 saturated carbocycles. The van der Waals surface area contributed by atoms with E-state index in [0.717, 1.165) is 5.92 Å². The highest BCUT2D eigenvalue weighted by Gasteiger charge is 2.20. The highest BCUT2D eigenvalue weighted by atomic mass is 14.3. The van der Waals surface area contributed by atoms with Gasteiger partial charge in [-0.25, -0.2) is 0 Å². The minimum absolute atomic E-state index is 0.906. The van der Waals surface area contributed by atoms with E-state index < -0.39 is 0 Å². The number of hydrogen-bond acceptors (Lipinski definition) is 0. The summed E-state index contributed by atoms with van der Waals surface area (Å²) < 4.78 is 0. The zero-order valence-electron chi connectivity index (χ0n) is 8.03. The van der Waals surface area contributed by atoms with E-state index in [-0.39, 0.29) is 0 Å². The van der Waals surface area contributed by atoms with E-state index in [4.69, 9.17) is 0 Å². The Hall–Kier alpha value is 0. The second kappa shape index (κ2) is 4.79. The average molecular weight is 153 g/mol. The lowest BCUT2D eigenvalue weighted by Gasteiger charge is -2.02. The lowest BCUT2D eigenvalue weighted by Crippen LogP contribution is -1.87. The normalized spacial score (nSPS) is 17.7. The van der Waals surface area contributed by atoms with Crippen LogP contribution in [0.4, 0.5) is 0 Å². The van der Waals surface area contributed by atoms with Crippen LogP contribution in [-0.4, -0.2) is 0 Å². The van der Waals surface area contributed by atoms with E-state index in [2.05, 4.69) is 13.8 Å². The van der Waals surface area contributed by atoms with Gasteiger partial charge in [0.15, 0.2) is 0 Å². The zero-order chi connectivity index (χ0) is 8.10. The van der Waals surface area contributed by atoms with Crippen molar-refractivity contribution < 1.29 is 0 Å². The lowest BCUT2D eigenvalue weighted by molar-refractivity contribution is 0.525. The molecule has 0 heteroatoms. The predicted octanol–water partition coefficient (Wildman–Crippen LogP) is 3.96. The van der Waals surface area contributed by atoms with Crippen LogP contribution in [0.15, 0.2) is 0 Å². The van der Waals surface area contributed by atoms with Gasteiger partial charge in [0.05, 0.1) is 0 Å². The minimum Gasteiger partial charge on any atom is -0.0628 e. The van der Waals surface area contributed by atoms with Crippen molar-refractivity contribution in [3.05, 3.63) is 5.92 Å². The summed E-state index contributed by atoms with van der Waals surface area (Å²) in [4.78, 5) is 0. The molecule has 0 saturated heterocycles. The highest BCUT2D eigenvalue weighted by Crippen LogP contribution is 2.36. The Balaban J connectivity index is 1.73. The molecule has 0 aromatic rings. The third kappa shape index (κ3) is 5.29. The van der Waals surface area contributed by atoms with E-state index >= 15 is 0 Å². The summed E-state index contributed by atoms with van der Waals surface area (Å²) in [7, 11) is 0.